The van der Waals surface area contributed by atoms with Crippen molar-refractivity contribution in [1.82, 2.24) is 4.57 Å². The predicted molar refractivity (Wildman–Crippen MR) is 279 cm³/mol. The molecule has 0 amide bonds. The van der Waals surface area contributed by atoms with E-state index in [1.807, 2.05) is 11.3 Å². The maximum atomic E-state index is 2.42. The van der Waals surface area contributed by atoms with E-state index < -0.39 is 5.41 Å². The molecule has 1 aliphatic rings. The molecule has 12 rings (SSSR count). The number of allylic oxidation sites excluding steroid dienone is 4. The van der Waals surface area contributed by atoms with E-state index in [2.05, 4.69) is 254 Å². The van der Waals surface area contributed by atoms with Gasteiger partial charge in [0.1, 0.15) is 0 Å². The van der Waals surface area contributed by atoms with Crippen LogP contribution in [-0.4, -0.2) is 4.57 Å². The van der Waals surface area contributed by atoms with Gasteiger partial charge in [-0.3, -0.25) is 0 Å². The van der Waals surface area contributed by atoms with Gasteiger partial charge in [0, 0.05) is 53.7 Å². The molecule has 0 fully saturated rings. The van der Waals surface area contributed by atoms with E-state index in [0.29, 0.717) is 0 Å². The van der Waals surface area contributed by atoms with Crippen LogP contribution in [0.15, 0.2) is 236 Å². The van der Waals surface area contributed by atoms with Crippen molar-refractivity contribution in [2.45, 2.75) is 25.7 Å². The summed E-state index contributed by atoms with van der Waals surface area (Å²) in [4.78, 5) is 2.42. The number of anilines is 3. The first-order chi connectivity index (χ1) is 32.1. The molecule has 0 saturated carbocycles. The van der Waals surface area contributed by atoms with Crippen molar-refractivity contribution in [2.24, 2.45) is 0 Å². The van der Waals surface area contributed by atoms with Gasteiger partial charge in [0.05, 0.1) is 16.4 Å². The van der Waals surface area contributed by atoms with Gasteiger partial charge in [-0.25, -0.2) is 0 Å². The molecule has 0 radical (unpaired) electrons. The van der Waals surface area contributed by atoms with Crippen LogP contribution < -0.4 is 4.90 Å². The van der Waals surface area contributed by atoms with E-state index in [4.69, 9.17) is 0 Å². The zero-order valence-electron chi connectivity index (χ0n) is 36.4. The Morgan fingerprint density at radius 3 is 1.74 bits per heavy atom. The Morgan fingerprint density at radius 1 is 0.508 bits per heavy atom. The lowest BCUT2D eigenvalue weighted by Gasteiger charge is -2.35. The summed E-state index contributed by atoms with van der Waals surface area (Å²) < 4.78 is 5.02. The van der Waals surface area contributed by atoms with E-state index >= 15 is 0 Å². The molecular weight excluding hydrogens is 805 g/mol. The lowest BCUT2D eigenvalue weighted by atomic mass is 9.67. The number of para-hydroxylation sites is 2. The van der Waals surface area contributed by atoms with E-state index in [0.717, 1.165) is 29.2 Å². The van der Waals surface area contributed by atoms with Gasteiger partial charge < -0.3 is 9.47 Å². The lowest BCUT2D eigenvalue weighted by Crippen LogP contribution is -2.29. The highest BCUT2D eigenvalue weighted by Gasteiger charge is 2.46. The Balaban J connectivity index is 1.02. The number of hydrogen-bond donors (Lipinski definition) is 0. The maximum Gasteiger partial charge on any atom is 0.0710 e. The second-order valence-electron chi connectivity index (χ2n) is 17.0. The number of rotatable bonds is 9. The van der Waals surface area contributed by atoms with E-state index in [9.17, 15) is 0 Å². The quantitative estimate of drug-likeness (QED) is 0.131. The van der Waals surface area contributed by atoms with Gasteiger partial charge >= 0.3 is 0 Å². The van der Waals surface area contributed by atoms with E-state index in [1.54, 1.807) is 0 Å². The summed E-state index contributed by atoms with van der Waals surface area (Å²) >= 11 is 1.86. The van der Waals surface area contributed by atoms with Crippen LogP contribution in [0.4, 0.5) is 17.1 Å². The third kappa shape index (κ3) is 6.14. The number of benzene rings is 9. The summed E-state index contributed by atoms with van der Waals surface area (Å²) in [6.07, 6.45) is 7.87. The molecule has 65 heavy (non-hydrogen) atoms. The van der Waals surface area contributed by atoms with E-state index in [-0.39, 0.29) is 0 Å². The summed E-state index contributed by atoms with van der Waals surface area (Å²) in [6.45, 7) is 4.37. The van der Waals surface area contributed by atoms with E-state index in [1.165, 1.54) is 86.5 Å². The van der Waals surface area contributed by atoms with Gasteiger partial charge in [0.15, 0.2) is 0 Å². The average molecular weight is 851 g/mol. The standard InChI is InChI=1S/C62H46N2S/c1-3-16-44(17-4-2)62(56-25-10-5-20-50(56)51-21-6-11-26-57(51)62)45-31-33-46(34-32-45)63(47-35-37-48(38-36-47)64-58-27-12-7-22-52(58)53-23-8-13-28-59(53)64)49-19-15-18-42(40-49)43-30-39-61-55(41-43)54-24-9-14-29-60(54)65-61/h3,5-41H,4H2,1-2H3/b16-3-,44-17+. The molecule has 0 bridgehead atoms. The van der Waals surface area contributed by atoms with Crippen LogP contribution in [0, 0.1) is 0 Å². The zero-order chi connectivity index (χ0) is 43.5. The highest BCUT2D eigenvalue weighted by Crippen LogP contribution is 2.57. The van der Waals surface area contributed by atoms with Crippen LogP contribution in [0.25, 0.3) is 69.9 Å². The van der Waals surface area contributed by atoms with Gasteiger partial charge in [-0.15, -0.1) is 11.3 Å². The summed E-state index contributed by atoms with van der Waals surface area (Å²) in [6, 6.07) is 78.7. The Morgan fingerprint density at radius 2 is 1.08 bits per heavy atom. The third-order valence-corrected chi connectivity index (χ3v) is 14.6. The predicted octanol–water partition coefficient (Wildman–Crippen LogP) is 17.5. The first-order valence-electron chi connectivity index (χ1n) is 22.7. The van der Waals surface area contributed by atoms with Crippen molar-refractivity contribution >= 4 is 70.4 Å². The number of hydrogen-bond acceptors (Lipinski definition) is 2. The number of fused-ring (bicyclic) bond motifs is 9. The first-order valence-corrected chi connectivity index (χ1v) is 23.5. The molecule has 11 aromatic rings. The molecule has 3 heteroatoms. The minimum Gasteiger partial charge on any atom is -0.310 e. The highest BCUT2D eigenvalue weighted by molar-refractivity contribution is 7.25. The van der Waals surface area contributed by atoms with Crippen LogP contribution in [0.5, 0.6) is 0 Å². The van der Waals surface area contributed by atoms with Crippen LogP contribution in [0.3, 0.4) is 0 Å². The average Bonchev–Trinajstić information content (AvgIpc) is 4.01. The fourth-order valence-electron chi connectivity index (χ4n) is 10.8. The van der Waals surface area contributed by atoms with Gasteiger partial charge in [0.2, 0.25) is 0 Å². The lowest BCUT2D eigenvalue weighted by molar-refractivity contribution is 0.761. The molecule has 2 heterocycles. The van der Waals surface area contributed by atoms with Crippen molar-refractivity contribution in [3.05, 3.63) is 253 Å². The van der Waals surface area contributed by atoms with Crippen LogP contribution in [0.1, 0.15) is 37.0 Å². The Kier molecular flexibility index (Phi) is 9.47. The molecule has 0 aliphatic heterocycles. The number of nitrogens with zero attached hydrogens (tertiary/aromatic N) is 2. The third-order valence-electron chi connectivity index (χ3n) is 13.5. The molecule has 1 aliphatic carbocycles. The largest absolute Gasteiger partial charge is 0.310 e. The minimum atomic E-state index is -0.465. The topological polar surface area (TPSA) is 8.17 Å². The molecule has 0 unspecified atom stereocenters. The molecule has 0 N–H and O–H groups in total. The highest BCUT2D eigenvalue weighted by atomic mass is 32.1. The van der Waals surface area contributed by atoms with Crippen molar-refractivity contribution < 1.29 is 0 Å². The van der Waals surface area contributed by atoms with Gasteiger partial charge in [-0.05, 0) is 137 Å². The molecule has 0 spiro atoms. The van der Waals surface area contributed by atoms with Crippen molar-refractivity contribution in [3.63, 3.8) is 0 Å². The smallest absolute Gasteiger partial charge is 0.0710 e. The van der Waals surface area contributed by atoms with Crippen molar-refractivity contribution in [2.75, 3.05) is 4.90 Å². The van der Waals surface area contributed by atoms with Gasteiger partial charge in [-0.2, -0.15) is 0 Å². The minimum absolute atomic E-state index is 0.465. The molecule has 0 saturated heterocycles. The Bertz CT molecular complexity index is 3560. The molecule has 9 aromatic carbocycles. The van der Waals surface area contributed by atoms with Crippen molar-refractivity contribution in [3.8, 4) is 27.9 Å². The summed E-state index contributed by atoms with van der Waals surface area (Å²) in [5.41, 5.74) is 16.6. The summed E-state index contributed by atoms with van der Waals surface area (Å²) in [5, 5.41) is 5.14. The Labute approximate surface area is 384 Å². The second kappa shape index (κ2) is 15.8. The molecular formula is C62H46N2S. The maximum absolute atomic E-state index is 2.42. The summed E-state index contributed by atoms with van der Waals surface area (Å²) in [7, 11) is 0. The fourth-order valence-corrected chi connectivity index (χ4v) is 11.8. The summed E-state index contributed by atoms with van der Waals surface area (Å²) in [5.74, 6) is 0. The SMILES string of the molecule is C/C=C\C(=C/CC)C1(c2ccc(N(c3ccc(-n4c5ccccc5c5ccccc54)cc3)c3cccc(-c4ccc5sc6ccccc6c5c4)c3)cc2)c2ccccc2-c2ccccc21. The molecule has 2 nitrogen and oxygen atoms in total. The second-order valence-corrected chi connectivity index (χ2v) is 18.1. The zero-order valence-corrected chi connectivity index (χ0v) is 37.3. The fraction of sp³-hybridized carbons (Fsp3) is 0.0645. The monoisotopic (exact) mass is 850 g/mol. The molecule has 2 aromatic heterocycles. The van der Waals surface area contributed by atoms with Crippen LogP contribution >= 0.6 is 11.3 Å². The normalized spacial score (nSPS) is 13.3. The van der Waals surface area contributed by atoms with Crippen LogP contribution in [-0.2, 0) is 5.41 Å². The van der Waals surface area contributed by atoms with Crippen molar-refractivity contribution in [1.29, 1.82) is 0 Å². The van der Waals surface area contributed by atoms with Gasteiger partial charge in [-0.1, -0.05) is 159 Å². The Hall–Kier alpha value is -7.72. The number of thiophene rings is 1. The van der Waals surface area contributed by atoms with Crippen LogP contribution in [0.2, 0.25) is 0 Å². The molecule has 310 valence electrons. The van der Waals surface area contributed by atoms with Gasteiger partial charge in [0.25, 0.3) is 0 Å². The first kappa shape index (κ1) is 38.9. The molecule has 0 atom stereocenters. The number of aromatic nitrogens is 1.